The van der Waals surface area contributed by atoms with Crippen LogP contribution in [-0.4, -0.2) is 24.7 Å². The second-order valence-electron chi connectivity index (χ2n) is 5.68. The van der Waals surface area contributed by atoms with Gasteiger partial charge in [0.25, 0.3) is 10.1 Å². The van der Waals surface area contributed by atoms with E-state index in [0.717, 1.165) is 5.56 Å². The first-order chi connectivity index (χ1) is 9.93. The Morgan fingerprint density at radius 3 is 1.90 bits per heavy atom. The van der Waals surface area contributed by atoms with Crippen LogP contribution in [0.1, 0.15) is 50.5 Å². The van der Waals surface area contributed by atoms with E-state index < -0.39 is 10.1 Å². The number of benzene rings is 1. The Morgan fingerprint density at radius 2 is 1.48 bits per heavy atom. The monoisotopic (exact) mass is 314 g/mol. The van der Waals surface area contributed by atoms with Gasteiger partial charge in [-0.05, 0) is 37.8 Å². The van der Waals surface area contributed by atoms with E-state index in [1.165, 1.54) is 57.1 Å². The molecular formula is C16H26O4S. The van der Waals surface area contributed by atoms with Crippen molar-refractivity contribution in [1.82, 2.24) is 0 Å². The molecule has 21 heavy (non-hydrogen) atoms. The first-order valence-electron chi connectivity index (χ1n) is 7.58. The molecule has 120 valence electrons. The van der Waals surface area contributed by atoms with Crippen molar-refractivity contribution in [3.63, 3.8) is 0 Å². The van der Waals surface area contributed by atoms with Crippen molar-refractivity contribution in [2.45, 2.75) is 56.8 Å². The zero-order chi connectivity index (χ0) is 15.7. The quantitative estimate of drug-likeness (QED) is 0.818. The molecule has 4 nitrogen and oxygen atoms in total. The minimum absolute atomic E-state index is 0.0666. The predicted molar refractivity (Wildman–Crippen MR) is 83.9 cm³/mol. The minimum Gasteiger partial charge on any atom is -0.396 e. The molecule has 1 aromatic carbocycles. The summed E-state index contributed by atoms with van der Waals surface area (Å²) >= 11 is 0. The molecule has 1 saturated carbocycles. The molecule has 0 aliphatic heterocycles. The Kier molecular flexibility index (Phi) is 7.93. The first-order valence-corrected chi connectivity index (χ1v) is 9.02. The predicted octanol–water partition coefficient (Wildman–Crippen LogP) is 3.58. The lowest BCUT2D eigenvalue weighted by Gasteiger charge is -2.16. The van der Waals surface area contributed by atoms with Crippen LogP contribution in [0.4, 0.5) is 0 Å². The van der Waals surface area contributed by atoms with Crippen molar-refractivity contribution >= 4 is 10.1 Å². The normalized spacial score (nSPS) is 17.3. The maximum Gasteiger partial charge on any atom is 0.294 e. The fraction of sp³-hybridized carbons (Fsp3) is 0.625. The van der Waals surface area contributed by atoms with Crippen LogP contribution in [0, 0.1) is 12.8 Å². The van der Waals surface area contributed by atoms with Crippen LogP contribution in [0.2, 0.25) is 0 Å². The van der Waals surface area contributed by atoms with E-state index in [1.807, 2.05) is 6.92 Å². The zero-order valence-electron chi connectivity index (χ0n) is 12.7. The van der Waals surface area contributed by atoms with Gasteiger partial charge in [-0.15, -0.1) is 0 Å². The smallest absolute Gasteiger partial charge is 0.294 e. The van der Waals surface area contributed by atoms with Crippen LogP contribution >= 0.6 is 0 Å². The lowest BCUT2D eigenvalue weighted by molar-refractivity contribution is 0.199. The Labute approximate surface area is 128 Å². The van der Waals surface area contributed by atoms with Crippen LogP contribution in [-0.2, 0) is 10.1 Å². The molecular weight excluding hydrogens is 288 g/mol. The molecule has 0 radical (unpaired) electrons. The molecule has 1 aromatic rings. The highest BCUT2D eigenvalue weighted by Gasteiger charge is 2.09. The van der Waals surface area contributed by atoms with Crippen LogP contribution in [0.15, 0.2) is 29.2 Å². The third-order valence-corrected chi connectivity index (χ3v) is 4.67. The summed E-state index contributed by atoms with van der Waals surface area (Å²) in [5.41, 5.74) is 0.956. The van der Waals surface area contributed by atoms with Crippen molar-refractivity contribution < 1.29 is 18.1 Å². The van der Waals surface area contributed by atoms with Gasteiger partial charge in [0.2, 0.25) is 0 Å². The molecule has 1 aliphatic rings. The number of hydrogen-bond donors (Lipinski definition) is 2. The summed E-state index contributed by atoms with van der Waals surface area (Å²) in [6.07, 6.45) is 9.38. The SMILES string of the molecule is Cc1ccc(S(=O)(=O)O)cc1.OCC1CCCCCCC1. The highest BCUT2D eigenvalue weighted by molar-refractivity contribution is 7.85. The van der Waals surface area contributed by atoms with Gasteiger partial charge in [0.05, 0.1) is 4.90 Å². The molecule has 0 bridgehead atoms. The average Bonchev–Trinajstić information content (AvgIpc) is 2.38. The molecule has 2 N–H and O–H groups in total. The summed E-state index contributed by atoms with van der Waals surface area (Å²) in [6, 6.07) is 5.99. The minimum atomic E-state index is -4.02. The van der Waals surface area contributed by atoms with Gasteiger partial charge in [0.15, 0.2) is 0 Å². The molecule has 0 amide bonds. The summed E-state index contributed by atoms with van der Waals surface area (Å²) in [5.74, 6) is 0.625. The van der Waals surface area contributed by atoms with Crippen molar-refractivity contribution in [2.75, 3.05) is 6.61 Å². The zero-order valence-corrected chi connectivity index (χ0v) is 13.5. The summed E-state index contributed by atoms with van der Waals surface area (Å²) < 4.78 is 29.6. The number of rotatable bonds is 2. The van der Waals surface area contributed by atoms with Crippen LogP contribution in [0.3, 0.4) is 0 Å². The molecule has 1 fully saturated rings. The van der Waals surface area contributed by atoms with Gasteiger partial charge in [-0.1, -0.05) is 49.8 Å². The van der Waals surface area contributed by atoms with Gasteiger partial charge >= 0.3 is 0 Å². The van der Waals surface area contributed by atoms with Crippen molar-refractivity contribution in [3.8, 4) is 0 Å². The third-order valence-electron chi connectivity index (χ3n) is 3.80. The standard InChI is InChI=1S/C9H18O.C7H8O3S/c10-8-9-6-4-2-1-3-5-7-9;1-6-2-4-7(5-3-6)11(8,9)10/h9-10H,1-8H2;2-5H,1H3,(H,8,9,10). The van der Waals surface area contributed by atoms with Crippen molar-refractivity contribution in [2.24, 2.45) is 5.92 Å². The molecule has 0 spiro atoms. The van der Waals surface area contributed by atoms with Crippen LogP contribution in [0.5, 0.6) is 0 Å². The van der Waals surface area contributed by atoms with E-state index in [-0.39, 0.29) is 4.90 Å². The Balaban J connectivity index is 0.000000211. The second kappa shape index (κ2) is 9.18. The van der Waals surface area contributed by atoms with E-state index in [2.05, 4.69) is 0 Å². The Hall–Kier alpha value is -0.910. The van der Waals surface area contributed by atoms with Gasteiger partial charge in [0.1, 0.15) is 0 Å². The topological polar surface area (TPSA) is 74.6 Å². The maximum absolute atomic E-state index is 10.5. The fourth-order valence-corrected chi connectivity index (χ4v) is 2.91. The summed E-state index contributed by atoms with van der Waals surface area (Å²) in [6.45, 7) is 2.26. The first kappa shape index (κ1) is 18.1. The molecule has 1 aliphatic carbocycles. The number of aliphatic hydroxyl groups is 1. The van der Waals surface area contributed by atoms with Crippen LogP contribution < -0.4 is 0 Å². The van der Waals surface area contributed by atoms with Gasteiger partial charge in [-0.2, -0.15) is 8.42 Å². The maximum atomic E-state index is 10.5. The van der Waals surface area contributed by atoms with Crippen LogP contribution in [0.25, 0.3) is 0 Å². The van der Waals surface area contributed by atoms with Crippen molar-refractivity contribution in [3.05, 3.63) is 29.8 Å². The van der Waals surface area contributed by atoms with E-state index in [4.69, 9.17) is 9.66 Å². The molecule has 5 heteroatoms. The van der Waals surface area contributed by atoms with E-state index in [9.17, 15) is 8.42 Å². The van der Waals surface area contributed by atoms with E-state index >= 15 is 0 Å². The van der Waals surface area contributed by atoms with Gasteiger partial charge in [0, 0.05) is 6.61 Å². The molecule has 0 atom stereocenters. The Bertz CT molecular complexity index is 486. The highest BCUT2D eigenvalue weighted by Crippen LogP contribution is 2.21. The fourth-order valence-electron chi connectivity index (χ4n) is 2.43. The van der Waals surface area contributed by atoms with Gasteiger partial charge < -0.3 is 5.11 Å². The third kappa shape index (κ3) is 7.60. The largest absolute Gasteiger partial charge is 0.396 e. The summed E-state index contributed by atoms with van der Waals surface area (Å²) in [4.78, 5) is -0.0666. The lowest BCUT2D eigenvalue weighted by atomic mass is 9.92. The Morgan fingerprint density at radius 1 is 1.00 bits per heavy atom. The second-order valence-corrected chi connectivity index (χ2v) is 7.10. The summed E-state index contributed by atoms with van der Waals surface area (Å²) in [7, 11) is -4.02. The molecule has 0 aromatic heterocycles. The highest BCUT2D eigenvalue weighted by atomic mass is 32.2. The molecule has 2 rings (SSSR count). The van der Waals surface area contributed by atoms with Gasteiger partial charge in [-0.25, -0.2) is 0 Å². The number of aliphatic hydroxyl groups excluding tert-OH is 1. The molecule has 0 saturated heterocycles. The average molecular weight is 314 g/mol. The number of hydrogen-bond acceptors (Lipinski definition) is 3. The lowest BCUT2D eigenvalue weighted by Crippen LogP contribution is -2.07. The number of aryl methyl sites for hydroxylation is 1. The van der Waals surface area contributed by atoms with Gasteiger partial charge in [-0.3, -0.25) is 4.55 Å². The van der Waals surface area contributed by atoms with Crippen molar-refractivity contribution in [1.29, 1.82) is 0 Å². The van der Waals surface area contributed by atoms with E-state index in [1.54, 1.807) is 12.1 Å². The molecule has 0 unspecified atom stereocenters. The summed E-state index contributed by atoms with van der Waals surface area (Å²) in [5, 5.41) is 8.91. The van der Waals surface area contributed by atoms with E-state index in [0.29, 0.717) is 12.5 Å². The molecule has 0 heterocycles.